The van der Waals surface area contributed by atoms with Gasteiger partial charge in [0.1, 0.15) is 0 Å². The molecule has 0 aliphatic carbocycles. The van der Waals surface area contributed by atoms with E-state index in [1.807, 2.05) is 30.3 Å². The minimum atomic E-state index is -1.36. The number of hydrogen-bond donors (Lipinski definition) is 1. The second kappa shape index (κ2) is 8.65. The second-order valence-corrected chi connectivity index (χ2v) is 14.3. The Morgan fingerprint density at radius 3 is 2.13 bits per heavy atom. The van der Waals surface area contributed by atoms with E-state index in [0.29, 0.717) is 15.0 Å². The molecule has 0 spiro atoms. The Labute approximate surface area is 147 Å². The van der Waals surface area contributed by atoms with Gasteiger partial charge in [-0.25, -0.2) is 0 Å². The van der Waals surface area contributed by atoms with Gasteiger partial charge in [0.05, 0.1) is 0 Å². The molecule has 1 nitrogen and oxygen atoms in total. The molecule has 23 heavy (non-hydrogen) atoms. The molecule has 0 aliphatic heterocycles. The van der Waals surface area contributed by atoms with Crippen LogP contribution in [0.2, 0.25) is 25.0 Å². The van der Waals surface area contributed by atoms with E-state index in [2.05, 4.69) is 55.7 Å². The van der Waals surface area contributed by atoms with E-state index in [9.17, 15) is 5.11 Å². The molecule has 2 rings (SSSR count). The summed E-state index contributed by atoms with van der Waals surface area (Å²) in [6, 6.07) is 20.7. The predicted octanol–water partition coefficient (Wildman–Crippen LogP) is 4.36. The molecule has 2 aromatic rings. The standard InChI is InChI=1S/C20H26OSeSi/c1-23(2,3)16-18(20(21)17-10-6-4-7-11-17)14-15-22-19-12-8-5-9-13-19/h4-13,16,20-21H,14-15H2,1-3H3/b18-16+. The Bertz CT molecular complexity index is 617. The van der Waals surface area contributed by atoms with Crippen molar-refractivity contribution in [2.75, 3.05) is 0 Å². The van der Waals surface area contributed by atoms with E-state index in [1.165, 1.54) is 10.0 Å². The Morgan fingerprint density at radius 1 is 1.00 bits per heavy atom. The van der Waals surface area contributed by atoms with Gasteiger partial charge in [-0.2, -0.15) is 0 Å². The quantitative estimate of drug-likeness (QED) is 0.698. The molecule has 1 atom stereocenters. The van der Waals surface area contributed by atoms with Gasteiger partial charge < -0.3 is 0 Å². The summed E-state index contributed by atoms with van der Waals surface area (Å²) in [5, 5.41) is 11.9. The summed E-state index contributed by atoms with van der Waals surface area (Å²) in [5.41, 5.74) is 4.59. The van der Waals surface area contributed by atoms with Crippen LogP contribution in [0.5, 0.6) is 0 Å². The summed E-state index contributed by atoms with van der Waals surface area (Å²) in [6.07, 6.45) is 0.518. The van der Waals surface area contributed by atoms with Crippen molar-refractivity contribution in [2.45, 2.75) is 37.5 Å². The fourth-order valence-corrected chi connectivity index (χ4v) is 5.85. The topological polar surface area (TPSA) is 20.2 Å². The van der Waals surface area contributed by atoms with Gasteiger partial charge in [-0.3, -0.25) is 0 Å². The van der Waals surface area contributed by atoms with Crippen molar-refractivity contribution in [3.63, 3.8) is 0 Å². The van der Waals surface area contributed by atoms with Crippen LogP contribution in [0.1, 0.15) is 18.1 Å². The third-order valence-corrected chi connectivity index (χ3v) is 6.85. The number of aliphatic hydroxyl groups is 1. The summed E-state index contributed by atoms with van der Waals surface area (Å²) in [5.74, 6) is 0. The van der Waals surface area contributed by atoms with Gasteiger partial charge in [0.25, 0.3) is 0 Å². The third kappa shape index (κ3) is 6.48. The van der Waals surface area contributed by atoms with Crippen LogP contribution in [0.3, 0.4) is 0 Å². The molecule has 0 fully saturated rings. The van der Waals surface area contributed by atoms with Crippen molar-refractivity contribution in [3.8, 4) is 0 Å². The van der Waals surface area contributed by atoms with Crippen LogP contribution in [0.25, 0.3) is 0 Å². The molecule has 3 heteroatoms. The SMILES string of the molecule is C[Si](C)(C)/C=C(\CC[Se]c1ccccc1)C(O)c1ccccc1. The Morgan fingerprint density at radius 2 is 1.57 bits per heavy atom. The molecule has 0 bridgehead atoms. The maximum absolute atomic E-state index is 10.8. The van der Waals surface area contributed by atoms with Crippen molar-refractivity contribution in [2.24, 2.45) is 0 Å². The van der Waals surface area contributed by atoms with Gasteiger partial charge in [0.2, 0.25) is 0 Å². The second-order valence-electron chi connectivity index (χ2n) is 6.81. The Hall–Kier alpha value is -1.12. The van der Waals surface area contributed by atoms with E-state index in [-0.39, 0.29) is 0 Å². The average molecular weight is 389 g/mol. The van der Waals surface area contributed by atoms with Gasteiger partial charge in [0.15, 0.2) is 0 Å². The van der Waals surface area contributed by atoms with E-state index in [1.54, 1.807) is 0 Å². The van der Waals surface area contributed by atoms with E-state index >= 15 is 0 Å². The first-order valence-electron chi connectivity index (χ1n) is 8.08. The minimum absolute atomic E-state index is 0.463. The van der Waals surface area contributed by atoms with E-state index in [0.717, 1.165) is 17.3 Å². The molecule has 122 valence electrons. The monoisotopic (exact) mass is 390 g/mol. The molecule has 0 radical (unpaired) electrons. The van der Waals surface area contributed by atoms with E-state index in [4.69, 9.17) is 0 Å². The van der Waals surface area contributed by atoms with Gasteiger partial charge in [-0.1, -0.05) is 0 Å². The van der Waals surface area contributed by atoms with Crippen LogP contribution in [0.4, 0.5) is 0 Å². The molecular weight excluding hydrogens is 363 g/mol. The van der Waals surface area contributed by atoms with Crippen molar-refractivity contribution < 1.29 is 5.11 Å². The molecule has 0 amide bonds. The zero-order valence-electron chi connectivity index (χ0n) is 14.2. The Balaban J connectivity index is 2.07. The average Bonchev–Trinajstić information content (AvgIpc) is 2.54. The fraction of sp³-hybridized carbons (Fsp3) is 0.300. The van der Waals surface area contributed by atoms with Gasteiger partial charge in [-0.05, 0) is 0 Å². The Kier molecular flexibility index (Phi) is 6.85. The van der Waals surface area contributed by atoms with Gasteiger partial charge in [-0.15, -0.1) is 0 Å². The van der Waals surface area contributed by atoms with Crippen molar-refractivity contribution in [1.82, 2.24) is 0 Å². The maximum atomic E-state index is 10.8. The van der Waals surface area contributed by atoms with Crippen LogP contribution in [-0.2, 0) is 0 Å². The normalized spacial score (nSPS) is 13.8. The summed E-state index contributed by atoms with van der Waals surface area (Å²) < 4.78 is 1.43. The van der Waals surface area contributed by atoms with Crippen LogP contribution < -0.4 is 4.46 Å². The number of hydrogen-bond acceptors (Lipinski definition) is 1. The summed E-state index contributed by atoms with van der Waals surface area (Å²) in [6.45, 7) is 6.98. The van der Waals surface area contributed by atoms with Crippen LogP contribution in [0, 0.1) is 0 Å². The molecule has 2 aromatic carbocycles. The van der Waals surface area contributed by atoms with Crippen molar-refractivity contribution in [3.05, 3.63) is 77.5 Å². The molecule has 1 unspecified atom stereocenters. The zero-order chi connectivity index (χ0) is 16.7. The van der Waals surface area contributed by atoms with Gasteiger partial charge >= 0.3 is 148 Å². The zero-order valence-corrected chi connectivity index (χ0v) is 16.9. The molecule has 1 N–H and O–H groups in total. The first-order valence-corrected chi connectivity index (χ1v) is 13.7. The van der Waals surface area contributed by atoms with Crippen LogP contribution in [0.15, 0.2) is 71.9 Å². The number of aliphatic hydroxyl groups excluding tert-OH is 1. The number of rotatable bonds is 7. The first kappa shape index (κ1) is 18.2. The summed E-state index contributed by atoms with van der Waals surface area (Å²) in [4.78, 5) is 0. The molecule has 0 heterocycles. The van der Waals surface area contributed by atoms with Crippen LogP contribution in [-0.4, -0.2) is 28.1 Å². The van der Waals surface area contributed by atoms with Crippen molar-refractivity contribution in [1.29, 1.82) is 0 Å². The van der Waals surface area contributed by atoms with Crippen molar-refractivity contribution >= 4 is 27.5 Å². The van der Waals surface area contributed by atoms with Crippen LogP contribution >= 0.6 is 0 Å². The fourth-order valence-electron chi connectivity index (χ4n) is 2.50. The van der Waals surface area contributed by atoms with E-state index < -0.39 is 14.2 Å². The molecule has 0 saturated carbocycles. The summed E-state index contributed by atoms with van der Waals surface area (Å²) >= 11 is 0.468. The molecule has 0 aliphatic rings. The predicted molar refractivity (Wildman–Crippen MR) is 104 cm³/mol. The molecule has 0 aromatic heterocycles. The summed E-state index contributed by atoms with van der Waals surface area (Å²) in [7, 11) is -1.36. The third-order valence-electron chi connectivity index (χ3n) is 3.49. The molecule has 0 saturated heterocycles. The van der Waals surface area contributed by atoms with Gasteiger partial charge in [0, 0.05) is 0 Å². The first-order chi connectivity index (χ1) is 11.0. The number of benzene rings is 2. The molecular formula is C20H26OSeSi.